The molecule has 0 aliphatic carbocycles. The molecule has 2 heterocycles. The van der Waals surface area contributed by atoms with Crippen molar-refractivity contribution < 1.29 is 0 Å². The first-order valence-electron chi connectivity index (χ1n) is 5.63. The van der Waals surface area contributed by atoms with Crippen molar-refractivity contribution in [3.05, 3.63) is 40.8 Å². The molecule has 0 fully saturated rings. The number of nitrogens with zero attached hydrogens (tertiary/aromatic N) is 2. The van der Waals surface area contributed by atoms with Gasteiger partial charge in [-0.05, 0) is 24.4 Å². The van der Waals surface area contributed by atoms with E-state index >= 15 is 0 Å². The van der Waals surface area contributed by atoms with E-state index in [1.54, 1.807) is 23.7 Å². The SMILES string of the molecule is CC(Cc1cccs1)N(C)c1ccncc1N. The van der Waals surface area contributed by atoms with Crippen LogP contribution in [0.3, 0.4) is 0 Å². The summed E-state index contributed by atoms with van der Waals surface area (Å²) in [6, 6.07) is 6.64. The minimum Gasteiger partial charge on any atom is -0.396 e. The summed E-state index contributed by atoms with van der Waals surface area (Å²) >= 11 is 1.80. The molecule has 0 radical (unpaired) electrons. The monoisotopic (exact) mass is 247 g/mol. The minimum absolute atomic E-state index is 0.415. The van der Waals surface area contributed by atoms with Gasteiger partial charge in [0.1, 0.15) is 0 Å². The van der Waals surface area contributed by atoms with Crippen LogP contribution in [0.2, 0.25) is 0 Å². The van der Waals surface area contributed by atoms with E-state index in [-0.39, 0.29) is 0 Å². The van der Waals surface area contributed by atoms with Crippen LogP contribution in [-0.2, 0) is 6.42 Å². The molecule has 4 heteroatoms. The minimum atomic E-state index is 0.415. The van der Waals surface area contributed by atoms with E-state index in [0.717, 1.165) is 17.8 Å². The van der Waals surface area contributed by atoms with Gasteiger partial charge in [0.05, 0.1) is 17.6 Å². The molecule has 2 aromatic rings. The maximum absolute atomic E-state index is 5.93. The van der Waals surface area contributed by atoms with Crippen LogP contribution < -0.4 is 10.6 Å². The summed E-state index contributed by atoms with van der Waals surface area (Å²) in [6.07, 6.45) is 4.51. The maximum Gasteiger partial charge on any atom is 0.0738 e. The van der Waals surface area contributed by atoms with Crippen LogP contribution in [0.1, 0.15) is 11.8 Å². The molecule has 0 spiro atoms. The smallest absolute Gasteiger partial charge is 0.0738 e. The molecule has 90 valence electrons. The van der Waals surface area contributed by atoms with Gasteiger partial charge in [0.25, 0.3) is 0 Å². The van der Waals surface area contributed by atoms with Crippen LogP contribution >= 0.6 is 11.3 Å². The van der Waals surface area contributed by atoms with Crippen molar-refractivity contribution in [3.8, 4) is 0 Å². The van der Waals surface area contributed by atoms with Gasteiger partial charge in [-0.3, -0.25) is 4.98 Å². The molecule has 2 aromatic heterocycles. The zero-order chi connectivity index (χ0) is 12.3. The molecule has 0 saturated carbocycles. The van der Waals surface area contributed by atoms with Crippen molar-refractivity contribution in [3.63, 3.8) is 0 Å². The third-order valence-electron chi connectivity index (χ3n) is 2.95. The van der Waals surface area contributed by atoms with Gasteiger partial charge >= 0.3 is 0 Å². The van der Waals surface area contributed by atoms with E-state index < -0.39 is 0 Å². The van der Waals surface area contributed by atoms with Crippen LogP contribution in [0.5, 0.6) is 0 Å². The van der Waals surface area contributed by atoms with Gasteiger partial charge in [0.15, 0.2) is 0 Å². The van der Waals surface area contributed by atoms with E-state index in [1.807, 2.05) is 6.07 Å². The molecule has 0 saturated heterocycles. The molecule has 2 N–H and O–H groups in total. The molecule has 0 aliphatic heterocycles. The Bertz CT molecular complexity index is 467. The summed E-state index contributed by atoms with van der Waals surface area (Å²) in [5, 5.41) is 2.11. The van der Waals surface area contributed by atoms with E-state index in [1.165, 1.54) is 4.88 Å². The third kappa shape index (κ3) is 2.77. The maximum atomic E-state index is 5.93. The van der Waals surface area contributed by atoms with Crippen LogP contribution in [0.15, 0.2) is 36.0 Å². The van der Waals surface area contributed by atoms with Crippen molar-refractivity contribution >= 4 is 22.7 Å². The molecule has 0 bridgehead atoms. The Morgan fingerprint density at radius 3 is 2.94 bits per heavy atom. The average molecular weight is 247 g/mol. The number of hydrogen-bond acceptors (Lipinski definition) is 4. The number of hydrogen-bond donors (Lipinski definition) is 1. The van der Waals surface area contributed by atoms with Gasteiger partial charge in [-0.1, -0.05) is 6.07 Å². The number of nitrogens with two attached hydrogens (primary N) is 1. The van der Waals surface area contributed by atoms with Gasteiger partial charge in [0.2, 0.25) is 0 Å². The van der Waals surface area contributed by atoms with Crippen molar-refractivity contribution in [2.45, 2.75) is 19.4 Å². The number of pyridine rings is 1. The Kier molecular flexibility index (Phi) is 3.64. The van der Waals surface area contributed by atoms with Crippen LogP contribution in [0.25, 0.3) is 0 Å². The second-order valence-electron chi connectivity index (χ2n) is 4.18. The number of thiophene rings is 1. The standard InChI is InChI=1S/C13H17N3S/c1-10(8-11-4-3-7-17-11)16(2)13-5-6-15-9-12(13)14/h3-7,9-10H,8,14H2,1-2H3. The fourth-order valence-corrected chi connectivity index (χ4v) is 2.64. The van der Waals surface area contributed by atoms with Crippen LogP contribution in [0, 0.1) is 0 Å². The lowest BCUT2D eigenvalue weighted by Crippen LogP contribution is -2.31. The predicted molar refractivity (Wildman–Crippen MR) is 74.5 cm³/mol. The Hall–Kier alpha value is -1.55. The second-order valence-corrected chi connectivity index (χ2v) is 5.21. The topological polar surface area (TPSA) is 42.2 Å². The lowest BCUT2D eigenvalue weighted by Gasteiger charge is -2.27. The molecule has 0 amide bonds. The molecule has 1 unspecified atom stereocenters. The van der Waals surface area contributed by atoms with Crippen molar-refractivity contribution in [1.29, 1.82) is 0 Å². The fourth-order valence-electron chi connectivity index (χ4n) is 1.81. The highest BCUT2D eigenvalue weighted by molar-refractivity contribution is 7.09. The first kappa shape index (κ1) is 11.9. The second kappa shape index (κ2) is 5.19. The number of aromatic nitrogens is 1. The first-order valence-corrected chi connectivity index (χ1v) is 6.51. The number of anilines is 2. The summed E-state index contributed by atoms with van der Waals surface area (Å²) in [6.45, 7) is 2.21. The van der Waals surface area contributed by atoms with Gasteiger partial charge in [-0.15, -0.1) is 11.3 Å². The van der Waals surface area contributed by atoms with Crippen LogP contribution in [0.4, 0.5) is 11.4 Å². The Balaban J connectivity index is 2.09. The highest BCUT2D eigenvalue weighted by Crippen LogP contribution is 2.23. The lowest BCUT2D eigenvalue weighted by molar-refractivity contribution is 0.689. The first-order chi connectivity index (χ1) is 8.18. The van der Waals surface area contributed by atoms with Crippen molar-refractivity contribution in [2.24, 2.45) is 0 Å². The van der Waals surface area contributed by atoms with E-state index in [9.17, 15) is 0 Å². The van der Waals surface area contributed by atoms with E-state index in [2.05, 4.69) is 41.4 Å². The number of likely N-dealkylation sites (N-methyl/N-ethyl adjacent to an activating group) is 1. The van der Waals surface area contributed by atoms with Crippen LogP contribution in [-0.4, -0.2) is 18.1 Å². The Morgan fingerprint density at radius 1 is 1.47 bits per heavy atom. The zero-order valence-electron chi connectivity index (χ0n) is 10.1. The molecule has 0 aliphatic rings. The van der Waals surface area contributed by atoms with E-state index in [4.69, 9.17) is 5.73 Å². The average Bonchev–Trinajstić information content (AvgIpc) is 2.81. The number of nitrogen functional groups attached to an aromatic ring is 1. The summed E-state index contributed by atoms with van der Waals surface area (Å²) in [5.41, 5.74) is 7.71. The molecule has 17 heavy (non-hydrogen) atoms. The summed E-state index contributed by atoms with van der Waals surface area (Å²) in [5.74, 6) is 0. The summed E-state index contributed by atoms with van der Waals surface area (Å²) < 4.78 is 0. The van der Waals surface area contributed by atoms with Gasteiger partial charge in [-0.2, -0.15) is 0 Å². The number of rotatable bonds is 4. The predicted octanol–water partition coefficient (Wildman–Crippen LogP) is 2.79. The molecular weight excluding hydrogens is 230 g/mol. The largest absolute Gasteiger partial charge is 0.396 e. The molecule has 3 nitrogen and oxygen atoms in total. The van der Waals surface area contributed by atoms with Gasteiger partial charge in [0, 0.05) is 30.6 Å². The van der Waals surface area contributed by atoms with Gasteiger partial charge < -0.3 is 10.6 Å². The van der Waals surface area contributed by atoms with Crippen molar-refractivity contribution in [1.82, 2.24) is 4.98 Å². The highest BCUT2D eigenvalue weighted by Gasteiger charge is 2.13. The molecular formula is C13H17N3S. The summed E-state index contributed by atoms with van der Waals surface area (Å²) in [4.78, 5) is 7.62. The molecule has 2 rings (SSSR count). The highest BCUT2D eigenvalue weighted by atomic mass is 32.1. The van der Waals surface area contributed by atoms with E-state index in [0.29, 0.717) is 6.04 Å². The third-order valence-corrected chi connectivity index (χ3v) is 3.84. The molecule has 1 atom stereocenters. The van der Waals surface area contributed by atoms with Gasteiger partial charge in [-0.25, -0.2) is 0 Å². The zero-order valence-corrected chi connectivity index (χ0v) is 10.9. The molecule has 0 aromatic carbocycles. The lowest BCUT2D eigenvalue weighted by atomic mass is 10.1. The fraction of sp³-hybridized carbons (Fsp3) is 0.308. The van der Waals surface area contributed by atoms with Crippen molar-refractivity contribution in [2.75, 3.05) is 17.7 Å². The quantitative estimate of drug-likeness (QED) is 0.903. The normalized spacial score (nSPS) is 12.4. The summed E-state index contributed by atoms with van der Waals surface area (Å²) in [7, 11) is 2.07. The Morgan fingerprint density at radius 2 is 2.29 bits per heavy atom. The Labute approximate surface area is 106 Å².